The minimum atomic E-state index is -2.94. The highest BCUT2D eigenvalue weighted by atomic mass is 35.5. The number of nitrogens with two attached hydrogens (primary N) is 6. The molecule has 16 rings (SSSR count). The Hall–Kier alpha value is -14.3. The Morgan fingerprint density at radius 3 is 1.04 bits per heavy atom. The number of benzene rings is 8. The predicted molar refractivity (Wildman–Crippen MR) is 412 cm³/mol. The molecule has 0 bridgehead atoms. The van der Waals surface area contributed by atoms with Crippen LogP contribution in [0.4, 0.5) is 120 Å². The van der Waals surface area contributed by atoms with E-state index in [1.165, 1.54) is 71.3 Å². The fourth-order valence-electron chi connectivity index (χ4n) is 11.3. The number of ether oxygens (including phenoxy) is 1. The van der Waals surface area contributed by atoms with E-state index in [2.05, 4.69) is 85.8 Å². The zero-order valence-corrected chi connectivity index (χ0v) is 60.4. The van der Waals surface area contributed by atoms with Gasteiger partial charge in [-0.2, -0.15) is 66.2 Å². The summed E-state index contributed by atoms with van der Waals surface area (Å²) < 4.78 is 134. The van der Waals surface area contributed by atoms with Crippen LogP contribution >= 0.6 is 23.2 Å². The van der Waals surface area contributed by atoms with Crippen molar-refractivity contribution in [1.29, 1.82) is 0 Å². The van der Waals surface area contributed by atoms with Crippen LogP contribution in [0, 0.1) is 75.3 Å². The maximum Gasteiger partial charge on any atom is 0.387 e. The largest absolute Gasteiger partial charge is 0.435 e. The Kier molecular flexibility index (Phi) is 21.4. The number of anilines is 14. The molecule has 0 unspecified atom stereocenters. The second-order valence-corrected chi connectivity index (χ2v) is 25.3. The minimum Gasteiger partial charge on any atom is -0.435 e. The lowest BCUT2D eigenvalue weighted by molar-refractivity contribution is -0.0498. The van der Waals surface area contributed by atoms with E-state index < -0.39 is 53.1 Å². The first-order chi connectivity index (χ1) is 53.5. The number of nitrogens with zero attached hydrogens (tertiary/aromatic N) is 16. The van der Waals surface area contributed by atoms with E-state index in [0.717, 1.165) is 22.7 Å². The van der Waals surface area contributed by atoms with E-state index in [4.69, 9.17) is 57.6 Å². The Morgan fingerprint density at radius 2 is 0.670 bits per heavy atom. The molecule has 112 heavy (non-hydrogen) atoms. The van der Waals surface area contributed by atoms with Gasteiger partial charge < -0.3 is 60.4 Å². The molecule has 8 aromatic heterocycles. The van der Waals surface area contributed by atoms with Gasteiger partial charge in [0.15, 0.2) is 46.5 Å². The second-order valence-electron chi connectivity index (χ2n) is 24.4. The highest BCUT2D eigenvalue weighted by Gasteiger charge is 2.24. The number of alkyl halides is 2. The fraction of sp³-hybridized carbons (Fsp3) is 0.0811. The van der Waals surface area contributed by atoms with Crippen LogP contribution in [0.3, 0.4) is 0 Å². The van der Waals surface area contributed by atoms with Gasteiger partial charge in [0, 0.05) is 51.3 Å². The molecule has 16 aromatic rings. The molecular weight excluding hydrogens is 1510 g/mol. The van der Waals surface area contributed by atoms with Crippen LogP contribution in [0.1, 0.15) is 28.9 Å². The van der Waals surface area contributed by atoms with Gasteiger partial charge in [0.25, 0.3) is 0 Å². The van der Waals surface area contributed by atoms with Crippen molar-refractivity contribution in [3.63, 3.8) is 0 Å². The second kappa shape index (κ2) is 31.5. The molecule has 568 valence electrons. The molecule has 0 aliphatic rings. The van der Waals surface area contributed by atoms with E-state index in [9.17, 15) is 39.5 Å². The van der Waals surface area contributed by atoms with Crippen LogP contribution in [0.25, 0.3) is 67.9 Å². The molecule has 27 nitrogen and oxygen atoms in total. The number of nitrogen functional groups attached to an aromatic ring is 6. The maximum absolute atomic E-state index is 14.6. The van der Waals surface area contributed by atoms with Crippen molar-refractivity contribution in [1.82, 2.24) is 78.1 Å². The van der Waals surface area contributed by atoms with Crippen molar-refractivity contribution in [2.45, 2.75) is 41.2 Å². The molecule has 8 heterocycles. The van der Waals surface area contributed by atoms with Crippen molar-refractivity contribution < 1.29 is 44.3 Å². The molecule has 0 saturated heterocycles. The van der Waals surface area contributed by atoms with Gasteiger partial charge in [-0.3, -0.25) is 18.3 Å². The van der Waals surface area contributed by atoms with Crippen molar-refractivity contribution in [3.8, 4) is 29.5 Å². The number of halogens is 11. The molecule has 16 N–H and O–H groups in total. The van der Waals surface area contributed by atoms with E-state index in [1.807, 2.05) is 44.2 Å². The topological polar surface area (TPSA) is 388 Å². The summed E-state index contributed by atoms with van der Waals surface area (Å²) in [5.74, 6) is -4.05. The summed E-state index contributed by atoms with van der Waals surface area (Å²) >= 11 is 11.5. The van der Waals surface area contributed by atoms with Crippen LogP contribution in [0.2, 0.25) is 10.0 Å². The number of fused-ring (bicyclic) bond motifs is 4. The SMILES string of the molecule is Cc1ccc(Nc2nc(-n3c(C)nc4ccc(N)cc43)nc(N)c2F)cc1.Cc1nc2cc(F)ccc2n1-c1nc(N)c(F)c(Nc2ccc(Cl)c(F)c2)n1.Cc1nc2cc(F)ccc2n1-c1nc(N)c(F)c(Nc2ccc(Cl)cc2)n1.Cc1nc2ccc(N)cc2n1-c1nc(N)c(F)c(Nc2ccc(OC(F)F)cc2)n1. The van der Waals surface area contributed by atoms with E-state index in [0.29, 0.717) is 89.9 Å². The van der Waals surface area contributed by atoms with E-state index >= 15 is 0 Å². The summed E-state index contributed by atoms with van der Waals surface area (Å²) in [7, 11) is 0. The standard InChI is InChI=1S/C19H16F3N7O.C19H18FN7.C18H12ClF3N6.C18H13ClF2N6/c1-9-25-13-7-2-10(23)8-14(13)29(9)19-27-16(24)15(20)17(28-19)26-11-3-5-12(6-4-11)30-18(21)22;1-10-3-6-13(7-4-10)24-18-16(20)17(22)25-19(26-18)27-11(2)23-14-8-5-12(21)9-15(14)27;1-8-24-13-6-9(20)2-5-14(13)28(8)18-26-16(23)15(22)17(27-18)25-10-3-4-11(19)12(21)7-10;1-9-23-13-8-11(20)4-7-14(13)27(9)18-25-16(22)15(21)17(26-18)24-12-5-2-10(19)3-6-12/h2-8,18H,23H2,1H3,(H3,24,26,27,28);3-9H,21H2,1-2H3,(H3,22,24,25,26);2-7H,1H3,(H3,23,25,26,27);2-8H,1H3,(H3,22,24,25,26). The first-order valence-electron chi connectivity index (χ1n) is 33.0. The zero-order valence-electron chi connectivity index (χ0n) is 58.9. The number of aromatic nitrogens is 16. The normalized spacial score (nSPS) is 11.2. The third kappa shape index (κ3) is 16.4. The Bertz CT molecular complexity index is 6270. The molecule has 0 saturated carbocycles. The number of aryl methyl sites for hydroxylation is 5. The average molecular weight is 1570 g/mol. The minimum absolute atomic E-state index is 0.00786. The molecular formula is C74H59Cl2F9N26O. The highest BCUT2D eigenvalue weighted by molar-refractivity contribution is 6.31. The number of rotatable bonds is 14. The molecule has 0 amide bonds. The fourth-order valence-corrected chi connectivity index (χ4v) is 11.6. The summed E-state index contributed by atoms with van der Waals surface area (Å²) in [6.07, 6.45) is 0. The maximum atomic E-state index is 14.6. The van der Waals surface area contributed by atoms with Gasteiger partial charge in [-0.05, 0) is 174 Å². The van der Waals surface area contributed by atoms with Gasteiger partial charge in [-0.1, -0.05) is 40.9 Å². The molecule has 38 heteroatoms. The quantitative estimate of drug-likeness (QED) is 0.0357. The Balaban J connectivity index is 0.000000131. The van der Waals surface area contributed by atoms with Crippen LogP contribution in [-0.4, -0.2) is 84.7 Å². The Labute approximate surface area is 637 Å². The third-order valence-corrected chi connectivity index (χ3v) is 17.0. The van der Waals surface area contributed by atoms with Crippen LogP contribution in [0.5, 0.6) is 5.75 Å². The summed E-state index contributed by atoms with van der Waals surface area (Å²) in [4.78, 5) is 50.6. The molecule has 0 fully saturated rings. The van der Waals surface area contributed by atoms with Crippen molar-refractivity contribution in [3.05, 3.63) is 243 Å². The van der Waals surface area contributed by atoms with Gasteiger partial charge in [-0.25, -0.2) is 33.1 Å². The molecule has 8 aromatic carbocycles. The lowest BCUT2D eigenvalue weighted by Gasteiger charge is -2.12. The molecule has 0 aliphatic heterocycles. The van der Waals surface area contributed by atoms with Crippen molar-refractivity contribution >= 4 is 148 Å². The van der Waals surface area contributed by atoms with Gasteiger partial charge in [0.2, 0.25) is 47.1 Å². The number of nitrogens with one attached hydrogen (secondary N) is 4. The van der Waals surface area contributed by atoms with Gasteiger partial charge in [0.05, 0.1) is 49.2 Å². The Morgan fingerprint density at radius 1 is 0.339 bits per heavy atom. The van der Waals surface area contributed by atoms with Gasteiger partial charge >= 0.3 is 6.61 Å². The molecule has 0 atom stereocenters. The van der Waals surface area contributed by atoms with Crippen LogP contribution < -0.4 is 60.4 Å². The number of hydrogen-bond donors (Lipinski definition) is 10. The van der Waals surface area contributed by atoms with Crippen LogP contribution in [-0.2, 0) is 0 Å². The van der Waals surface area contributed by atoms with Crippen molar-refractivity contribution in [2.75, 3.05) is 55.7 Å². The monoisotopic (exact) mass is 1570 g/mol. The summed E-state index contributed by atoms with van der Waals surface area (Å²) in [5, 5.41) is 11.7. The zero-order chi connectivity index (χ0) is 79.7. The van der Waals surface area contributed by atoms with Crippen molar-refractivity contribution in [2.24, 2.45) is 0 Å². The average Bonchev–Trinajstić information content (AvgIpc) is 1.62. The van der Waals surface area contributed by atoms with Gasteiger partial charge in [0.1, 0.15) is 46.5 Å². The first kappa shape index (κ1) is 75.9. The first-order valence-corrected chi connectivity index (χ1v) is 33.8. The van der Waals surface area contributed by atoms with E-state index in [-0.39, 0.29) is 81.0 Å². The lowest BCUT2D eigenvalue weighted by atomic mass is 10.2. The highest BCUT2D eigenvalue weighted by Crippen LogP contribution is 2.34. The van der Waals surface area contributed by atoms with Gasteiger partial charge in [-0.15, -0.1) is 0 Å². The number of imidazole rings is 4. The summed E-state index contributed by atoms with van der Waals surface area (Å²) in [6.45, 7) is 5.98. The summed E-state index contributed by atoms with van der Waals surface area (Å²) in [5.41, 5.74) is 43.5. The lowest BCUT2D eigenvalue weighted by Crippen LogP contribution is -2.11. The van der Waals surface area contributed by atoms with Crippen LogP contribution in [0.15, 0.2) is 164 Å². The number of hydrogen-bond acceptors (Lipinski definition) is 23. The molecule has 0 spiro atoms. The smallest absolute Gasteiger partial charge is 0.387 e. The summed E-state index contributed by atoms with van der Waals surface area (Å²) in [6, 6.07) is 42.3. The molecule has 0 radical (unpaired) electrons. The molecule has 0 aliphatic carbocycles. The third-order valence-electron chi connectivity index (χ3n) is 16.5. The van der Waals surface area contributed by atoms with E-state index in [1.54, 1.807) is 95.1 Å². The predicted octanol–water partition coefficient (Wildman–Crippen LogP) is 16.2.